The average Bonchev–Trinajstić information content (AvgIpc) is 3.22. The number of aromatic nitrogens is 2. The smallest absolute Gasteiger partial charge is 0.322 e. The molecule has 0 bridgehead atoms. The molecular formula is C25H30FN5O3. The number of ether oxygens (including phenoxy) is 1. The van der Waals surface area contributed by atoms with Gasteiger partial charge in [0, 0.05) is 29.8 Å². The summed E-state index contributed by atoms with van der Waals surface area (Å²) >= 11 is 0. The maximum Gasteiger partial charge on any atom is 0.322 e. The average molecular weight is 468 g/mol. The van der Waals surface area contributed by atoms with Gasteiger partial charge in [-0.3, -0.25) is 4.79 Å². The van der Waals surface area contributed by atoms with Crippen LogP contribution in [0.2, 0.25) is 0 Å². The highest BCUT2D eigenvalue weighted by atomic mass is 19.1. The highest BCUT2D eigenvalue weighted by Gasteiger charge is 2.23. The number of hydrogen-bond donors (Lipinski definition) is 2. The number of likely N-dealkylation sites (N-methyl/N-ethyl adjacent to an activating group) is 1. The summed E-state index contributed by atoms with van der Waals surface area (Å²) < 4.78 is 20.2. The van der Waals surface area contributed by atoms with Gasteiger partial charge >= 0.3 is 6.03 Å². The summed E-state index contributed by atoms with van der Waals surface area (Å²) in [7, 11) is 1.55. The van der Waals surface area contributed by atoms with Crippen molar-refractivity contribution in [1.82, 2.24) is 14.7 Å². The molecular weight excluding hydrogens is 437 g/mol. The number of benzene rings is 2. The minimum atomic E-state index is -0.409. The van der Waals surface area contributed by atoms with Crippen LogP contribution in [0.15, 0.2) is 54.6 Å². The maximum absolute atomic E-state index is 13.4. The summed E-state index contributed by atoms with van der Waals surface area (Å²) in [4.78, 5) is 27.0. The molecule has 3 aromatic rings. The molecule has 0 aliphatic rings. The monoisotopic (exact) mass is 467 g/mol. The topological polar surface area (TPSA) is 88.5 Å². The lowest BCUT2D eigenvalue weighted by atomic mass is 9.92. The van der Waals surface area contributed by atoms with Gasteiger partial charge in [0.15, 0.2) is 0 Å². The van der Waals surface area contributed by atoms with E-state index in [4.69, 9.17) is 4.74 Å². The number of urea groups is 1. The molecule has 2 N–H and O–H groups in total. The van der Waals surface area contributed by atoms with Gasteiger partial charge in [-0.05, 0) is 43.3 Å². The fourth-order valence-electron chi connectivity index (χ4n) is 3.20. The minimum Gasteiger partial charge on any atom is -0.497 e. The van der Waals surface area contributed by atoms with E-state index in [0.717, 1.165) is 5.69 Å². The van der Waals surface area contributed by atoms with E-state index in [1.165, 1.54) is 17.0 Å². The molecule has 0 saturated carbocycles. The number of carbonyl (C=O) groups is 2. The molecule has 3 amide bonds. The Labute approximate surface area is 198 Å². The van der Waals surface area contributed by atoms with Crippen LogP contribution >= 0.6 is 0 Å². The van der Waals surface area contributed by atoms with Crippen LogP contribution in [0.25, 0.3) is 5.69 Å². The van der Waals surface area contributed by atoms with Crippen LogP contribution in [0.5, 0.6) is 5.75 Å². The normalized spacial score (nSPS) is 11.1. The van der Waals surface area contributed by atoms with E-state index in [9.17, 15) is 14.0 Å². The van der Waals surface area contributed by atoms with Crippen molar-refractivity contribution >= 4 is 23.4 Å². The van der Waals surface area contributed by atoms with Crippen LogP contribution in [0.1, 0.15) is 33.4 Å². The van der Waals surface area contributed by atoms with Crippen molar-refractivity contribution in [3.63, 3.8) is 0 Å². The van der Waals surface area contributed by atoms with E-state index < -0.39 is 6.03 Å². The maximum atomic E-state index is 13.4. The first-order chi connectivity index (χ1) is 16.1. The predicted octanol–water partition coefficient (Wildman–Crippen LogP) is 4.81. The fraction of sp³-hybridized carbons (Fsp3) is 0.320. The Balaban J connectivity index is 1.76. The third kappa shape index (κ3) is 6.12. The molecule has 0 unspecified atom stereocenters. The molecule has 0 atom stereocenters. The van der Waals surface area contributed by atoms with Crippen molar-refractivity contribution in [1.29, 1.82) is 0 Å². The van der Waals surface area contributed by atoms with E-state index in [-0.39, 0.29) is 23.7 Å². The van der Waals surface area contributed by atoms with E-state index in [1.54, 1.807) is 61.2 Å². The summed E-state index contributed by atoms with van der Waals surface area (Å²) in [6.45, 7) is 7.99. The van der Waals surface area contributed by atoms with E-state index >= 15 is 0 Å². The van der Waals surface area contributed by atoms with Crippen molar-refractivity contribution in [3.05, 3.63) is 66.1 Å². The lowest BCUT2D eigenvalue weighted by Crippen LogP contribution is -2.40. The molecule has 0 radical (unpaired) electrons. The van der Waals surface area contributed by atoms with Gasteiger partial charge in [-0.1, -0.05) is 26.8 Å². The fourth-order valence-corrected chi connectivity index (χ4v) is 3.20. The molecule has 0 saturated heterocycles. The first kappa shape index (κ1) is 24.8. The molecule has 0 aliphatic carbocycles. The lowest BCUT2D eigenvalue weighted by Gasteiger charge is -2.21. The number of nitrogens with zero attached hydrogens (tertiary/aromatic N) is 3. The number of halogens is 1. The molecule has 0 spiro atoms. The van der Waals surface area contributed by atoms with Crippen LogP contribution in [0.3, 0.4) is 0 Å². The van der Waals surface area contributed by atoms with Crippen molar-refractivity contribution in [2.75, 3.05) is 30.8 Å². The van der Waals surface area contributed by atoms with Crippen molar-refractivity contribution < 1.29 is 18.7 Å². The van der Waals surface area contributed by atoms with Gasteiger partial charge in [-0.25, -0.2) is 13.9 Å². The van der Waals surface area contributed by atoms with Crippen LogP contribution in [0, 0.1) is 5.82 Å². The highest BCUT2D eigenvalue weighted by Crippen LogP contribution is 2.26. The Kier molecular flexibility index (Phi) is 7.55. The van der Waals surface area contributed by atoms with Gasteiger partial charge in [0.05, 0.1) is 18.5 Å². The first-order valence-corrected chi connectivity index (χ1v) is 11.0. The zero-order valence-electron chi connectivity index (χ0n) is 20.1. The number of amides is 3. The second-order valence-electron chi connectivity index (χ2n) is 8.78. The molecule has 0 aliphatic heterocycles. The van der Waals surface area contributed by atoms with Crippen LogP contribution < -0.4 is 15.4 Å². The second-order valence-corrected chi connectivity index (χ2v) is 8.78. The predicted molar refractivity (Wildman–Crippen MR) is 130 cm³/mol. The van der Waals surface area contributed by atoms with E-state index in [1.807, 2.05) is 20.8 Å². The Morgan fingerprint density at radius 2 is 1.79 bits per heavy atom. The SMILES string of the molecule is CCN(CC(=O)Nc1cc(C(C)(C)C)nn1-c1ccc(F)cc1)C(=O)Nc1cccc(OC)c1. The summed E-state index contributed by atoms with van der Waals surface area (Å²) in [6.07, 6.45) is 0. The Hall–Kier alpha value is -3.88. The number of nitrogens with one attached hydrogen (secondary N) is 2. The molecule has 2 aromatic carbocycles. The standard InChI is InChI=1S/C25H30FN5O3/c1-6-30(24(33)27-18-8-7-9-20(14-18)34-5)16-23(32)28-22-15-21(25(2,3)4)29-31(22)19-12-10-17(26)11-13-19/h7-15H,6,16H2,1-5H3,(H,27,33)(H,28,32). The quantitative estimate of drug-likeness (QED) is 0.522. The van der Waals surface area contributed by atoms with E-state index in [2.05, 4.69) is 15.7 Å². The Bertz CT molecular complexity index is 1150. The van der Waals surface area contributed by atoms with Gasteiger partial charge in [0.1, 0.15) is 23.9 Å². The number of methoxy groups -OCH3 is 1. The van der Waals surface area contributed by atoms with Gasteiger partial charge in [0.2, 0.25) is 5.91 Å². The molecule has 34 heavy (non-hydrogen) atoms. The molecule has 3 rings (SSSR count). The third-order valence-electron chi connectivity index (χ3n) is 5.14. The summed E-state index contributed by atoms with van der Waals surface area (Å²) in [5.74, 6) is 0.303. The molecule has 9 heteroatoms. The summed E-state index contributed by atoms with van der Waals surface area (Å²) in [5.41, 5.74) is 1.66. The van der Waals surface area contributed by atoms with Gasteiger partial charge in [-0.15, -0.1) is 0 Å². The van der Waals surface area contributed by atoms with Crippen molar-refractivity contribution in [3.8, 4) is 11.4 Å². The first-order valence-electron chi connectivity index (χ1n) is 11.0. The zero-order chi connectivity index (χ0) is 24.9. The zero-order valence-corrected chi connectivity index (χ0v) is 20.1. The lowest BCUT2D eigenvalue weighted by molar-refractivity contribution is -0.116. The molecule has 0 fully saturated rings. The molecule has 1 aromatic heterocycles. The highest BCUT2D eigenvalue weighted by molar-refractivity contribution is 5.96. The number of rotatable bonds is 7. The minimum absolute atomic E-state index is 0.161. The van der Waals surface area contributed by atoms with Crippen LogP contribution in [-0.4, -0.2) is 46.8 Å². The van der Waals surface area contributed by atoms with Crippen LogP contribution in [0.4, 0.5) is 20.7 Å². The molecule has 8 nitrogen and oxygen atoms in total. The summed E-state index contributed by atoms with van der Waals surface area (Å²) in [5, 5.41) is 10.2. The Morgan fingerprint density at radius 1 is 1.09 bits per heavy atom. The van der Waals surface area contributed by atoms with Crippen LogP contribution in [-0.2, 0) is 10.2 Å². The largest absolute Gasteiger partial charge is 0.497 e. The van der Waals surface area contributed by atoms with Gasteiger partial charge in [0.25, 0.3) is 0 Å². The molecule has 1 heterocycles. The van der Waals surface area contributed by atoms with E-state index in [0.29, 0.717) is 29.5 Å². The second kappa shape index (κ2) is 10.4. The molecule has 180 valence electrons. The number of hydrogen-bond acceptors (Lipinski definition) is 4. The third-order valence-corrected chi connectivity index (χ3v) is 5.14. The number of carbonyl (C=O) groups excluding carboxylic acids is 2. The van der Waals surface area contributed by atoms with Crippen molar-refractivity contribution in [2.45, 2.75) is 33.1 Å². The summed E-state index contributed by atoms with van der Waals surface area (Å²) in [6, 6.07) is 14.2. The van der Waals surface area contributed by atoms with Gasteiger partial charge < -0.3 is 20.3 Å². The number of anilines is 2. The Morgan fingerprint density at radius 3 is 2.41 bits per heavy atom. The van der Waals surface area contributed by atoms with Gasteiger partial charge in [-0.2, -0.15) is 5.10 Å². The van der Waals surface area contributed by atoms with Crippen molar-refractivity contribution in [2.24, 2.45) is 0 Å².